The summed E-state index contributed by atoms with van der Waals surface area (Å²) in [5.74, 6) is -47.5. The lowest BCUT2D eigenvalue weighted by molar-refractivity contribution is -0.607. The molecular weight excluding hydrogens is 424 g/mol. The molecular formula is C10F16. The number of hydrogen-bond donors (Lipinski definition) is 0. The molecule has 0 radical (unpaired) electrons. The first-order chi connectivity index (χ1) is 11.0. The Morgan fingerprint density at radius 1 is 0.192 bits per heavy atom. The summed E-state index contributed by atoms with van der Waals surface area (Å²) in [5.41, 5.74) is -31.3. The summed E-state index contributed by atoms with van der Waals surface area (Å²) in [7, 11) is 0. The van der Waals surface area contributed by atoms with Crippen LogP contribution in [0.3, 0.4) is 0 Å². The first kappa shape index (κ1) is 19.6. The highest BCUT2D eigenvalue weighted by Gasteiger charge is 3.23. The molecule has 4 saturated carbocycles. The molecule has 4 rings (SSSR count). The monoisotopic (exact) mass is 424 g/mol. The second-order valence-corrected chi connectivity index (χ2v) is 6.08. The molecule has 0 aromatic rings. The van der Waals surface area contributed by atoms with Gasteiger partial charge in [-0.05, 0) is 0 Å². The number of rotatable bonds is 0. The highest BCUT2D eigenvalue weighted by Crippen LogP contribution is 2.88. The second kappa shape index (κ2) is 3.61. The van der Waals surface area contributed by atoms with E-state index in [4.69, 9.17) is 0 Å². The first-order valence-corrected chi connectivity index (χ1v) is 6.02. The molecule has 0 aromatic carbocycles. The molecule has 4 bridgehead atoms. The summed E-state index contributed by atoms with van der Waals surface area (Å²) >= 11 is 0. The van der Waals surface area contributed by atoms with Gasteiger partial charge < -0.3 is 0 Å². The Labute approximate surface area is 130 Å². The molecule has 0 unspecified atom stereocenters. The summed E-state index contributed by atoms with van der Waals surface area (Å²) in [6.45, 7) is 0. The number of halogens is 16. The highest BCUT2D eigenvalue weighted by molar-refractivity contribution is 5.54. The van der Waals surface area contributed by atoms with Crippen LogP contribution < -0.4 is 0 Å². The van der Waals surface area contributed by atoms with Crippen molar-refractivity contribution in [2.45, 2.75) is 58.2 Å². The van der Waals surface area contributed by atoms with E-state index < -0.39 is 58.2 Å². The first-order valence-electron chi connectivity index (χ1n) is 6.02. The van der Waals surface area contributed by atoms with E-state index in [2.05, 4.69) is 0 Å². The van der Waals surface area contributed by atoms with E-state index in [1.165, 1.54) is 0 Å². The lowest BCUT2D eigenvalue weighted by Gasteiger charge is -2.72. The van der Waals surface area contributed by atoms with E-state index in [9.17, 15) is 70.2 Å². The second-order valence-electron chi connectivity index (χ2n) is 6.08. The van der Waals surface area contributed by atoms with E-state index >= 15 is 0 Å². The Morgan fingerprint density at radius 2 is 0.269 bits per heavy atom. The van der Waals surface area contributed by atoms with Gasteiger partial charge in [0.15, 0.2) is 0 Å². The van der Waals surface area contributed by atoms with Crippen LogP contribution in [-0.2, 0) is 0 Å². The Balaban J connectivity index is 2.71. The van der Waals surface area contributed by atoms with E-state index in [0.717, 1.165) is 0 Å². The Kier molecular flexibility index (Phi) is 2.72. The summed E-state index contributed by atoms with van der Waals surface area (Å²) in [6, 6.07) is 0. The maximum atomic E-state index is 14.0. The van der Waals surface area contributed by atoms with E-state index in [1.807, 2.05) is 0 Å². The van der Waals surface area contributed by atoms with Gasteiger partial charge in [-0.15, -0.1) is 0 Å². The third-order valence-electron chi connectivity index (χ3n) is 5.19. The zero-order valence-corrected chi connectivity index (χ0v) is 11.0. The molecule has 0 aromatic heterocycles. The van der Waals surface area contributed by atoms with Gasteiger partial charge in [0.1, 0.15) is 0 Å². The maximum absolute atomic E-state index is 14.0. The zero-order chi connectivity index (χ0) is 21.0. The predicted molar refractivity (Wildman–Crippen MR) is 45.0 cm³/mol. The molecule has 0 heterocycles. The minimum absolute atomic E-state index is 7.82. The van der Waals surface area contributed by atoms with Crippen LogP contribution in [0.1, 0.15) is 0 Å². The van der Waals surface area contributed by atoms with Crippen LogP contribution >= 0.6 is 0 Å². The average molecular weight is 424 g/mol. The van der Waals surface area contributed by atoms with Crippen molar-refractivity contribution in [1.82, 2.24) is 0 Å². The summed E-state index contributed by atoms with van der Waals surface area (Å²) in [4.78, 5) is 0. The molecule has 16 heteroatoms. The van der Waals surface area contributed by atoms with E-state index in [0.29, 0.717) is 0 Å². The van der Waals surface area contributed by atoms with Crippen molar-refractivity contribution in [3.05, 3.63) is 0 Å². The topological polar surface area (TPSA) is 0 Å². The fourth-order valence-electron chi connectivity index (χ4n) is 3.79. The fourth-order valence-corrected chi connectivity index (χ4v) is 3.79. The van der Waals surface area contributed by atoms with Gasteiger partial charge in [0, 0.05) is 0 Å². The lowest BCUT2D eigenvalue weighted by Crippen LogP contribution is -3.08. The van der Waals surface area contributed by atoms with Gasteiger partial charge in [-0.25, -0.2) is 17.6 Å². The van der Waals surface area contributed by atoms with Crippen molar-refractivity contribution in [3.8, 4) is 0 Å². The molecule has 0 nitrogen and oxygen atoms in total. The third-order valence-corrected chi connectivity index (χ3v) is 5.19. The van der Waals surface area contributed by atoms with Gasteiger partial charge >= 0.3 is 58.2 Å². The Hall–Kier alpha value is -1.12. The lowest BCUT2D eigenvalue weighted by atomic mass is 9.41. The van der Waals surface area contributed by atoms with Crippen LogP contribution in [0.2, 0.25) is 0 Å². The van der Waals surface area contributed by atoms with Crippen LogP contribution in [0.4, 0.5) is 70.2 Å². The molecule has 0 atom stereocenters. The quantitative estimate of drug-likeness (QED) is 0.496. The van der Waals surface area contributed by atoms with Gasteiger partial charge in [-0.1, -0.05) is 0 Å². The number of alkyl halides is 16. The smallest absolute Gasteiger partial charge is 0.223 e. The van der Waals surface area contributed by atoms with E-state index in [-0.39, 0.29) is 0 Å². The third kappa shape index (κ3) is 0.959. The zero-order valence-electron chi connectivity index (χ0n) is 11.0. The molecule has 0 saturated heterocycles. The molecule has 4 fully saturated rings. The predicted octanol–water partition coefficient (Wildman–Crippen LogP) is 4.67. The molecule has 26 heavy (non-hydrogen) atoms. The molecule has 152 valence electrons. The van der Waals surface area contributed by atoms with Crippen molar-refractivity contribution in [2.75, 3.05) is 0 Å². The molecule has 4 aliphatic carbocycles. The Bertz CT molecular complexity index is 507. The van der Waals surface area contributed by atoms with Crippen LogP contribution in [0.25, 0.3) is 0 Å². The molecule has 0 amide bonds. The van der Waals surface area contributed by atoms with Crippen LogP contribution in [0.15, 0.2) is 0 Å². The van der Waals surface area contributed by atoms with Crippen LogP contribution in [-0.4, -0.2) is 58.2 Å². The van der Waals surface area contributed by atoms with Gasteiger partial charge in [0.2, 0.25) is 0 Å². The highest BCUT2D eigenvalue weighted by atomic mass is 19.4. The minimum atomic E-state index is -7.91. The SMILES string of the molecule is FC1(F)C2(F)C(F)(F)C3(F)C(F)(F)C1(F)C(F)(F)C(F)(C2(F)F)C3(F)F. The summed E-state index contributed by atoms with van der Waals surface area (Å²) in [6.07, 6.45) is 0. The summed E-state index contributed by atoms with van der Waals surface area (Å²) in [5, 5.41) is 0. The summed E-state index contributed by atoms with van der Waals surface area (Å²) < 4.78 is 219. The normalized spacial score (nSPS) is 53.5. The standard InChI is InChI=1S/C10F16/c11-1-5(15,16)2(12)8(21,22)3(13,6(1,17)18)10(25,26)4(14,7(1,19)20)9(2,23)24. The minimum Gasteiger partial charge on any atom is -0.223 e. The van der Waals surface area contributed by atoms with Crippen LogP contribution in [0.5, 0.6) is 0 Å². The van der Waals surface area contributed by atoms with Gasteiger partial charge in [-0.2, -0.15) is 52.7 Å². The largest absolute Gasteiger partial charge is 0.339 e. The maximum Gasteiger partial charge on any atom is 0.339 e. The average Bonchev–Trinajstić information content (AvgIpc) is 2.46. The van der Waals surface area contributed by atoms with Gasteiger partial charge in [0.05, 0.1) is 0 Å². The fraction of sp³-hybridized carbons (Fsp3) is 1.00. The number of hydrogen-bond acceptors (Lipinski definition) is 0. The van der Waals surface area contributed by atoms with Crippen molar-refractivity contribution in [2.24, 2.45) is 0 Å². The van der Waals surface area contributed by atoms with Gasteiger partial charge in [0.25, 0.3) is 0 Å². The van der Waals surface area contributed by atoms with E-state index in [1.54, 1.807) is 0 Å². The van der Waals surface area contributed by atoms with Crippen molar-refractivity contribution < 1.29 is 70.2 Å². The molecule has 0 spiro atoms. The van der Waals surface area contributed by atoms with Crippen molar-refractivity contribution >= 4 is 0 Å². The Morgan fingerprint density at radius 3 is 0.346 bits per heavy atom. The van der Waals surface area contributed by atoms with Crippen LogP contribution in [0, 0.1) is 0 Å². The van der Waals surface area contributed by atoms with Gasteiger partial charge in [-0.3, -0.25) is 0 Å². The molecule has 0 N–H and O–H groups in total. The molecule has 0 aliphatic heterocycles. The van der Waals surface area contributed by atoms with Crippen molar-refractivity contribution in [3.63, 3.8) is 0 Å². The van der Waals surface area contributed by atoms with Crippen molar-refractivity contribution in [1.29, 1.82) is 0 Å². The molecule has 4 aliphatic rings.